The number of nitrogens with one attached hydrogen (secondary N) is 1. The number of amides is 1. The summed E-state index contributed by atoms with van der Waals surface area (Å²) < 4.78 is 5.71. The topological polar surface area (TPSA) is 68.3 Å². The van der Waals surface area contributed by atoms with E-state index in [-0.39, 0.29) is 24.0 Å². The van der Waals surface area contributed by atoms with Gasteiger partial charge in [0.25, 0.3) is 5.91 Å². The Labute approximate surface area is 149 Å². The van der Waals surface area contributed by atoms with Gasteiger partial charge in [-0.2, -0.15) is 0 Å². The van der Waals surface area contributed by atoms with Crippen LogP contribution in [0.15, 0.2) is 41.1 Å². The second-order valence-corrected chi connectivity index (χ2v) is 6.63. The molecule has 0 radical (unpaired) electrons. The van der Waals surface area contributed by atoms with Crippen molar-refractivity contribution < 1.29 is 14.3 Å². The molecule has 0 spiro atoms. The molecule has 0 aliphatic carbocycles. The van der Waals surface area contributed by atoms with E-state index in [1.807, 2.05) is 25.1 Å². The molecule has 1 aromatic heterocycles. The number of nitrogens with zero attached hydrogens (tertiary/aromatic N) is 1. The summed E-state index contributed by atoms with van der Waals surface area (Å²) in [6, 6.07) is 7.46. The van der Waals surface area contributed by atoms with Crippen molar-refractivity contribution in [1.82, 2.24) is 4.98 Å². The molecule has 2 rings (SSSR count). The van der Waals surface area contributed by atoms with Gasteiger partial charge in [0.15, 0.2) is 6.61 Å². The largest absolute Gasteiger partial charge is 0.452 e. The molecule has 1 amide bonds. The maximum Gasteiger partial charge on any atom is 0.340 e. The molecule has 1 N–H and O–H groups in total. The molecule has 0 saturated heterocycles. The third kappa shape index (κ3) is 4.64. The molecule has 0 atom stereocenters. The highest BCUT2D eigenvalue weighted by molar-refractivity contribution is 9.10. The lowest BCUT2D eigenvalue weighted by Crippen LogP contribution is -2.22. The van der Waals surface area contributed by atoms with Crippen molar-refractivity contribution in [3.63, 3.8) is 0 Å². The molecule has 6 heteroatoms. The van der Waals surface area contributed by atoms with E-state index < -0.39 is 5.97 Å². The van der Waals surface area contributed by atoms with Crippen molar-refractivity contribution in [2.75, 3.05) is 11.9 Å². The highest BCUT2D eigenvalue weighted by Crippen LogP contribution is 2.27. The van der Waals surface area contributed by atoms with Gasteiger partial charge in [-0.1, -0.05) is 32.0 Å². The average Bonchev–Trinajstić information content (AvgIpc) is 2.54. The SMILES string of the molecule is Cc1cccc(C(C)C)c1NC(=O)COC(=O)c1cncc(Br)c1. The first-order valence-electron chi connectivity index (χ1n) is 7.55. The van der Waals surface area contributed by atoms with Crippen LogP contribution in [0.5, 0.6) is 0 Å². The van der Waals surface area contributed by atoms with Gasteiger partial charge in [0.2, 0.25) is 0 Å². The molecule has 1 aromatic carbocycles. The lowest BCUT2D eigenvalue weighted by Gasteiger charge is -2.16. The summed E-state index contributed by atoms with van der Waals surface area (Å²) in [6.45, 7) is 5.70. The van der Waals surface area contributed by atoms with E-state index in [1.165, 1.54) is 6.20 Å². The highest BCUT2D eigenvalue weighted by Gasteiger charge is 2.14. The van der Waals surface area contributed by atoms with Crippen molar-refractivity contribution >= 4 is 33.5 Å². The third-order valence-corrected chi connectivity index (χ3v) is 3.90. The molecule has 0 aliphatic heterocycles. The zero-order chi connectivity index (χ0) is 17.7. The van der Waals surface area contributed by atoms with E-state index in [9.17, 15) is 9.59 Å². The van der Waals surface area contributed by atoms with E-state index in [2.05, 4.69) is 40.1 Å². The molecular weight excluding hydrogens is 372 g/mol. The van der Waals surface area contributed by atoms with Gasteiger partial charge in [0.05, 0.1) is 5.56 Å². The Morgan fingerprint density at radius 2 is 2.04 bits per heavy atom. The molecular formula is C18H19BrN2O3. The summed E-state index contributed by atoms with van der Waals surface area (Å²) in [5, 5.41) is 2.84. The number of esters is 1. The number of anilines is 1. The van der Waals surface area contributed by atoms with E-state index in [4.69, 9.17) is 4.74 Å². The number of aryl methyl sites for hydroxylation is 1. The second kappa shape index (κ2) is 8.06. The minimum absolute atomic E-state index is 0.274. The summed E-state index contributed by atoms with van der Waals surface area (Å²) in [7, 11) is 0. The van der Waals surface area contributed by atoms with Gasteiger partial charge in [-0.05, 0) is 46.0 Å². The summed E-state index contributed by atoms with van der Waals surface area (Å²) in [4.78, 5) is 28.0. The molecule has 2 aromatic rings. The van der Waals surface area contributed by atoms with Crippen LogP contribution in [-0.4, -0.2) is 23.5 Å². The first-order chi connectivity index (χ1) is 11.4. The number of carbonyl (C=O) groups excluding carboxylic acids is 2. The Kier molecular flexibility index (Phi) is 6.09. The van der Waals surface area contributed by atoms with Crippen molar-refractivity contribution in [3.05, 3.63) is 57.8 Å². The number of para-hydroxylation sites is 1. The van der Waals surface area contributed by atoms with Gasteiger partial charge in [0, 0.05) is 22.6 Å². The molecule has 0 saturated carbocycles. The summed E-state index contributed by atoms with van der Waals surface area (Å²) in [5.74, 6) is -0.689. The van der Waals surface area contributed by atoms with Crippen molar-refractivity contribution in [1.29, 1.82) is 0 Å². The fourth-order valence-corrected chi connectivity index (χ4v) is 2.62. The first kappa shape index (κ1) is 18.1. The number of hydrogen-bond donors (Lipinski definition) is 1. The van der Waals surface area contributed by atoms with Crippen LogP contribution >= 0.6 is 15.9 Å². The van der Waals surface area contributed by atoms with Crippen LogP contribution in [-0.2, 0) is 9.53 Å². The number of hydrogen-bond acceptors (Lipinski definition) is 4. The van der Waals surface area contributed by atoms with Crippen LogP contribution in [0.3, 0.4) is 0 Å². The monoisotopic (exact) mass is 390 g/mol. The normalized spacial score (nSPS) is 10.5. The van der Waals surface area contributed by atoms with Gasteiger partial charge >= 0.3 is 5.97 Å². The number of pyridine rings is 1. The Morgan fingerprint density at radius 1 is 1.29 bits per heavy atom. The molecule has 0 bridgehead atoms. The van der Waals surface area contributed by atoms with Crippen LogP contribution in [0.4, 0.5) is 5.69 Å². The Bertz CT molecular complexity index is 760. The van der Waals surface area contributed by atoms with Crippen molar-refractivity contribution in [2.24, 2.45) is 0 Å². The molecule has 5 nitrogen and oxygen atoms in total. The number of rotatable bonds is 5. The standard InChI is InChI=1S/C18H19BrN2O3/c1-11(2)15-6-4-5-12(3)17(15)21-16(22)10-24-18(23)13-7-14(19)9-20-8-13/h4-9,11H,10H2,1-3H3,(H,21,22). The zero-order valence-corrected chi connectivity index (χ0v) is 15.4. The maximum absolute atomic E-state index is 12.1. The lowest BCUT2D eigenvalue weighted by atomic mass is 9.98. The van der Waals surface area contributed by atoms with Crippen LogP contribution < -0.4 is 5.32 Å². The van der Waals surface area contributed by atoms with E-state index in [1.54, 1.807) is 12.3 Å². The average molecular weight is 391 g/mol. The summed E-state index contributed by atoms with van der Waals surface area (Å²) in [5.41, 5.74) is 3.08. The Hall–Kier alpha value is -2.21. The second-order valence-electron chi connectivity index (χ2n) is 5.71. The van der Waals surface area contributed by atoms with Gasteiger partial charge in [0.1, 0.15) is 0 Å². The van der Waals surface area contributed by atoms with E-state index in [0.29, 0.717) is 4.47 Å². The van der Waals surface area contributed by atoms with Crippen LogP contribution in [0, 0.1) is 6.92 Å². The molecule has 0 aliphatic rings. The minimum atomic E-state index is -0.590. The maximum atomic E-state index is 12.1. The predicted octanol–water partition coefficient (Wildman–Crippen LogP) is 4.07. The Balaban J connectivity index is 2.01. The Morgan fingerprint density at radius 3 is 2.71 bits per heavy atom. The third-order valence-electron chi connectivity index (χ3n) is 3.47. The number of aromatic nitrogens is 1. The molecule has 24 heavy (non-hydrogen) atoms. The van der Waals surface area contributed by atoms with Crippen molar-refractivity contribution in [2.45, 2.75) is 26.7 Å². The number of halogens is 1. The van der Waals surface area contributed by atoms with Crippen LogP contribution in [0.1, 0.15) is 41.3 Å². The molecule has 0 unspecified atom stereocenters. The van der Waals surface area contributed by atoms with Gasteiger partial charge < -0.3 is 10.1 Å². The van der Waals surface area contributed by atoms with Crippen LogP contribution in [0.2, 0.25) is 0 Å². The zero-order valence-electron chi connectivity index (χ0n) is 13.8. The predicted molar refractivity (Wildman–Crippen MR) is 96.1 cm³/mol. The minimum Gasteiger partial charge on any atom is -0.452 e. The first-order valence-corrected chi connectivity index (χ1v) is 8.35. The van der Waals surface area contributed by atoms with Crippen LogP contribution in [0.25, 0.3) is 0 Å². The van der Waals surface area contributed by atoms with E-state index in [0.717, 1.165) is 16.8 Å². The van der Waals surface area contributed by atoms with Crippen molar-refractivity contribution in [3.8, 4) is 0 Å². The molecule has 0 fully saturated rings. The highest BCUT2D eigenvalue weighted by atomic mass is 79.9. The fourth-order valence-electron chi connectivity index (χ4n) is 2.26. The molecule has 1 heterocycles. The number of benzene rings is 1. The summed E-state index contributed by atoms with van der Waals surface area (Å²) in [6.07, 6.45) is 2.96. The number of carbonyl (C=O) groups is 2. The van der Waals surface area contributed by atoms with Gasteiger partial charge in [-0.25, -0.2) is 4.79 Å². The fraction of sp³-hybridized carbons (Fsp3) is 0.278. The van der Waals surface area contributed by atoms with Gasteiger partial charge in [-0.3, -0.25) is 9.78 Å². The summed E-state index contributed by atoms with van der Waals surface area (Å²) >= 11 is 3.23. The smallest absolute Gasteiger partial charge is 0.340 e. The van der Waals surface area contributed by atoms with Gasteiger partial charge in [-0.15, -0.1) is 0 Å². The van der Waals surface area contributed by atoms with E-state index >= 15 is 0 Å². The molecule has 126 valence electrons. The quantitative estimate of drug-likeness (QED) is 0.781. The lowest BCUT2D eigenvalue weighted by molar-refractivity contribution is -0.119. The number of ether oxygens (including phenoxy) is 1.